The van der Waals surface area contributed by atoms with Gasteiger partial charge in [-0.2, -0.15) is 9.61 Å². The average Bonchev–Trinajstić information content (AvgIpc) is 2.82. The van der Waals surface area contributed by atoms with Crippen molar-refractivity contribution in [3.63, 3.8) is 0 Å². The Kier molecular flexibility index (Phi) is 5.55. The maximum absolute atomic E-state index is 6.09. The Balaban J connectivity index is 1.61. The van der Waals surface area contributed by atoms with Crippen molar-refractivity contribution in [1.82, 2.24) is 14.6 Å². The summed E-state index contributed by atoms with van der Waals surface area (Å²) >= 11 is 9.53. The zero-order chi connectivity index (χ0) is 15.4. The Hall–Kier alpha value is -0.850. The lowest BCUT2D eigenvalue weighted by Gasteiger charge is -2.20. The number of rotatable bonds is 4. The van der Waals surface area contributed by atoms with Crippen LogP contribution in [0, 0.1) is 5.92 Å². The van der Waals surface area contributed by atoms with E-state index in [-0.39, 0.29) is 0 Å². The summed E-state index contributed by atoms with van der Waals surface area (Å²) in [5.41, 5.74) is 0.731. The van der Waals surface area contributed by atoms with E-state index >= 15 is 0 Å². The minimum absolute atomic E-state index is 0.468. The first-order valence-corrected chi connectivity index (χ1v) is 8.92. The Bertz CT molecular complexity index is 625. The zero-order valence-corrected chi connectivity index (χ0v) is 14.7. The number of fused-ring (bicyclic) bond motifs is 1. The van der Waals surface area contributed by atoms with E-state index in [0.717, 1.165) is 54.5 Å². The Morgan fingerprint density at radius 2 is 2.27 bits per heavy atom. The predicted molar refractivity (Wildman–Crippen MR) is 91.6 cm³/mol. The number of hydrogen-bond donors (Lipinski definition) is 1. The van der Waals surface area contributed by atoms with Crippen LogP contribution in [0.15, 0.2) is 16.7 Å². The molecule has 2 aromatic heterocycles. The Morgan fingerprint density at radius 3 is 3.18 bits per heavy atom. The van der Waals surface area contributed by atoms with E-state index in [0.29, 0.717) is 5.15 Å². The predicted octanol–water partition coefficient (Wildman–Crippen LogP) is 4.15. The number of halogens is 2. The Morgan fingerprint density at radius 1 is 1.36 bits per heavy atom. The van der Waals surface area contributed by atoms with E-state index in [4.69, 9.17) is 16.3 Å². The largest absolute Gasteiger partial charge is 0.381 e. The van der Waals surface area contributed by atoms with Crippen LogP contribution < -0.4 is 5.32 Å². The minimum Gasteiger partial charge on any atom is -0.381 e. The van der Waals surface area contributed by atoms with E-state index in [1.54, 1.807) is 10.7 Å². The van der Waals surface area contributed by atoms with Crippen molar-refractivity contribution in [2.75, 3.05) is 25.1 Å². The molecule has 3 heterocycles. The molecule has 1 saturated heterocycles. The molecular weight excluding hydrogens is 368 g/mol. The quantitative estimate of drug-likeness (QED) is 0.801. The fraction of sp³-hybridized carbons (Fsp3) is 0.600. The molecule has 1 aliphatic heterocycles. The number of hydrogen-bond acceptors (Lipinski definition) is 4. The summed E-state index contributed by atoms with van der Waals surface area (Å²) in [6, 6.07) is 1.81. The van der Waals surface area contributed by atoms with Gasteiger partial charge >= 0.3 is 0 Å². The lowest BCUT2D eigenvalue weighted by atomic mass is 9.94. The van der Waals surface area contributed by atoms with Crippen LogP contribution in [-0.2, 0) is 4.74 Å². The van der Waals surface area contributed by atoms with Gasteiger partial charge in [0.25, 0.3) is 0 Å². The highest BCUT2D eigenvalue weighted by Crippen LogP contribution is 2.23. The SMILES string of the molecule is Clc1cc(NCCC2CCCCOCC2)n2ncc(Br)c2n1. The summed E-state index contributed by atoms with van der Waals surface area (Å²) in [5, 5.41) is 8.23. The van der Waals surface area contributed by atoms with Gasteiger partial charge in [0, 0.05) is 25.8 Å². The molecule has 0 aliphatic carbocycles. The highest BCUT2D eigenvalue weighted by atomic mass is 79.9. The molecule has 0 spiro atoms. The molecule has 0 aromatic carbocycles. The van der Waals surface area contributed by atoms with Crippen LogP contribution in [0.25, 0.3) is 5.65 Å². The normalized spacial score (nSPS) is 19.8. The van der Waals surface area contributed by atoms with Gasteiger partial charge < -0.3 is 10.1 Å². The van der Waals surface area contributed by atoms with E-state index in [2.05, 4.69) is 31.3 Å². The summed E-state index contributed by atoms with van der Waals surface area (Å²) in [5.74, 6) is 1.60. The van der Waals surface area contributed by atoms with Crippen LogP contribution in [0.5, 0.6) is 0 Å². The van der Waals surface area contributed by atoms with Gasteiger partial charge in [0.1, 0.15) is 11.0 Å². The van der Waals surface area contributed by atoms with Gasteiger partial charge in [-0.3, -0.25) is 0 Å². The molecule has 2 aromatic rings. The first kappa shape index (κ1) is 16.0. The van der Waals surface area contributed by atoms with E-state index in [1.165, 1.54) is 19.3 Å². The molecule has 1 fully saturated rings. The van der Waals surface area contributed by atoms with Crippen LogP contribution in [0.3, 0.4) is 0 Å². The monoisotopic (exact) mass is 386 g/mol. The third-order valence-electron chi connectivity index (χ3n) is 4.08. The summed E-state index contributed by atoms with van der Waals surface area (Å²) < 4.78 is 8.20. The second-order valence-corrected chi connectivity index (χ2v) is 6.91. The molecular formula is C15H20BrClN4O. The molecule has 5 nitrogen and oxygen atoms in total. The molecule has 3 rings (SSSR count). The molecule has 7 heteroatoms. The van der Waals surface area contributed by atoms with E-state index in [9.17, 15) is 0 Å². The topological polar surface area (TPSA) is 51.5 Å². The van der Waals surface area contributed by atoms with Gasteiger partial charge in [0.2, 0.25) is 0 Å². The Labute approximate surface area is 143 Å². The lowest BCUT2D eigenvalue weighted by Crippen LogP contribution is -2.15. The lowest BCUT2D eigenvalue weighted by molar-refractivity contribution is 0.0991. The highest BCUT2D eigenvalue weighted by molar-refractivity contribution is 9.10. The summed E-state index contributed by atoms with van der Waals surface area (Å²) in [6.07, 6.45) is 7.77. The smallest absolute Gasteiger partial charge is 0.173 e. The number of anilines is 1. The van der Waals surface area contributed by atoms with Crippen molar-refractivity contribution in [1.29, 1.82) is 0 Å². The highest BCUT2D eigenvalue weighted by Gasteiger charge is 2.13. The third-order valence-corrected chi connectivity index (χ3v) is 4.83. The van der Waals surface area contributed by atoms with Crippen molar-refractivity contribution in [3.8, 4) is 0 Å². The van der Waals surface area contributed by atoms with Crippen molar-refractivity contribution in [2.45, 2.75) is 32.1 Å². The minimum atomic E-state index is 0.468. The van der Waals surface area contributed by atoms with Gasteiger partial charge in [0.15, 0.2) is 5.65 Å². The van der Waals surface area contributed by atoms with Gasteiger partial charge in [-0.1, -0.05) is 24.4 Å². The van der Waals surface area contributed by atoms with Gasteiger partial charge in [0.05, 0.1) is 10.7 Å². The standard InChI is InChI=1S/C15H20BrClN4O/c16-12-10-19-21-14(9-13(17)20-15(12)21)18-6-4-11-3-1-2-7-22-8-5-11/h9-11,18H,1-8H2. The third kappa shape index (κ3) is 3.91. The van der Waals surface area contributed by atoms with Crippen molar-refractivity contribution < 1.29 is 4.74 Å². The first-order chi connectivity index (χ1) is 10.7. The maximum atomic E-state index is 6.09. The molecule has 1 aliphatic rings. The molecule has 120 valence electrons. The second kappa shape index (κ2) is 7.62. The van der Waals surface area contributed by atoms with Crippen molar-refractivity contribution in [2.24, 2.45) is 5.92 Å². The zero-order valence-electron chi connectivity index (χ0n) is 12.4. The molecule has 0 bridgehead atoms. The fourth-order valence-electron chi connectivity index (χ4n) is 2.86. The second-order valence-electron chi connectivity index (χ2n) is 5.67. The summed E-state index contributed by atoms with van der Waals surface area (Å²) in [4.78, 5) is 4.28. The molecule has 22 heavy (non-hydrogen) atoms. The van der Waals surface area contributed by atoms with Crippen LogP contribution in [0.2, 0.25) is 5.15 Å². The molecule has 1 unspecified atom stereocenters. The van der Waals surface area contributed by atoms with Crippen LogP contribution >= 0.6 is 27.5 Å². The van der Waals surface area contributed by atoms with Crippen molar-refractivity contribution >= 4 is 39.0 Å². The maximum Gasteiger partial charge on any atom is 0.173 e. The first-order valence-electron chi connectivity index (χ1n) is 7.75. The summed E-state index contributed by atoms with van der Waals surface area (Å²) in [7, 11) is 0. The van der Waals surface area contributed by atoms with Crippen LogP contribution in [0.1, 0.15) is 32.1 Å². The van der Waals surface area contributed by atoms with Crippen molar-refractivity contribution in [3.05, 3.63) is 21.9 Å². The molecule has 0 radical (unpaired) electrons. The van der Waals surface area contributed by atoms with Crippen LogP contribution in [-0.4, -0.2) is 34.4 Å². The molecule has 1 N–H and O–H groups in total. The summed E-state index contributed by atoms with van der Waals surface area (Å²) in [6.45, 7) is 2.71. The van der Waals surface area contributed by atoms with Gasteiger partial charge in [-0.15, -0.1) is 0 Å². The number of aromatic nitrogens is 3. The van der Waals surface area contributed by atoms with Gasteiger partial charge in [-0.05, 0) is 41.1 Å². The average molecular weight is 388 g/mol. The number of nitrogens with one attached hydrogen (secondary N) is 1. The molecule has 0 amide bonds. The van der Waals surface area contributed by atoms with Crippen LogP contribution in [0.4, 0.5) is 5.82 Å². The van der Waals surface area contributed by atoms with E-state index in [1.807, 2.05) is 6.07 Å². The van der Waals surface area contributed by atoms with Gasteiger partial charge in [-0.25, -0.2) is 4.98 Å². The molecule has 0 saturated carbocycles. The number of ether oxygens (including phenoxy) is 1. The number of nitrogens with zero attached hydrogens (tertiary/aromatic N) is 3. The molecule has 1 atom stereocenters. The van der Waals surface area contributed by atoms with E-state index < -0.39 is 0 Å². The fourth-order valence-corrected chi connectivity index (χ4v) is 3.39.